The Morgan fingerprint density at radius 2 is 1.30 bits per heavy atom. The Morgan fingerprint density at radius 3 is 1.80 bits per heavy atom. The summed E-state index contributed by atoms with van der Waals surface area (Å²) in [5.74, 6) is 0. The molecule has 30 heavy (non-hydrogen) atoms. The summed E-state index contributed by atoms with van der Waals surface area (Å²) in [4.78, 5) is 0. The van der Waals surface area contributed by atoms with Crippen molar-refractivity contribution in [2.24, 2.45) is 0 Å². The highest BCUT2D eigenvalue weighted by molar-refractivity contribution is 6.88. The fraction of sp³-hybridized carbons (Fsp3) is 0.538. The Bertz CT molecular complexity index is 860. The van der Waals surface area contributed by atoms with Crippen molar-refractivity contribution in [2.75, 3.05) is 0 Å². The van der Waals surface area contributed by atoms with Crippen LogP contribution in [0.3, 0.4) is 0 Å². The number of hydrogen-bond donors (Lipinski definition) is 2. The summed E-state index contributed by atoms with van der Waals surface area (Å²) in [6.45, 7) is 11.8. The van der Waals surface area contributed by atoms with E-state index in [4.69, 9.17) is 0 Å². The van der Waals surface area contributed by atoms with Crippen LogP contribution in [0.1, 0.15) is 76.3 Å². The fourth-order valence-corrected chi connectivity index (χ4v) is 6.32. The van der Waals surface area contributed by atoms with Gasteiger partial charge in [-0.15, -0.1) is 0 Å². The van der Waals surface area contributed by atoms with E-state index in [9.17, 15) is 10.0 Å². The van der Waals surface area contributed by atoms with Crippen molar-refractivity contribution < 1.29 is 10.0 Å². The molecule has 0 aliphatic heterocycles. The summed E-state index contributed by atoms with van der Waals surface area (Å²) in [6, 6.07) is 13.3. The van der Waals surface area contributed by atoms with Crippen LogP contribution in [0.2, 0.25) is 19.6 Å². The summed E-state index contributed by atoms with van der Waals surface area (Å²) in [5, 5.41) is 21.3. The quantitative estimate of drug-likeness (QED) is 0.401. The third-order valence-corrected chi connectivity index (χ3v) is 9.01. The molecular formula is C26H39BO2Si. The van der Waals surface area contributed by atoms with Crippen molar-refractivity contribution >= 4 is 25.8 Å². The monoisotopic (exact) mass is 422 g/mol. The van der Waals surface area contributed by atoms with Crippen LogP contribution in [0, 0.1) is 0 Å². The molecular weight excluding hydrogens is 383 g/mol. The average Bonchev–Trinajstić information content (AvgIpc) is 2.97. The number of fused-ring (bicyclic) bond motifs is 3. The first-order valence-corrected chi connectivity index (χ1v) is 15.4. The van der Waals surface area contributed by atoms with Gasteiger partial charge in [0, 0.05) is 5.41 Å². The van der Waals surface area contributed by atoms with Gasteiger partial charge in [-0.05, 0) is 40.6 Å². The van der Waals surface area contributed by atoms with Crippen molar-refractivity contribution in [3.63, 3.8) is 0 Å². The van der Waals surface area contributed by atoms with Gasteiger partial charge in [0.05, 0.1) is 8.07 Å². The largest absolute Gasteiger partial charge is 0.488 e. The summed E-state index contributed by atoms with van der Waals surface area (Å²) >= 11 is 0. The van der Waals surface area contributed by atoms with E-state index < -0.39 is 15.2 Å². The first-order chi connectivity index (χ1) is 14.2. The summed E-state index contributed by atoms with van der Waals surface area (Å²) in [5.41, 5.74) is 6.08. The van der Waals surface area contributed by atoms with Crippen molar-refractivity contribution in [3.8, 4) is 11.1 Å². The number of benzene rings is 2. The molecule has 2 aromatic carbocycles. The van der Waals surface area contributed by atoms with E-state index in [1.165, 1.54) is 66.0 Å². The molecule has 3 rings (SSSR count). The summed E-state index contributed by atoms with van der Waals surface area (Å²) in [7, 11) is -2.84. The van der Waals surface area contributed by atoms with Crippen molar-refractivity contribution in [1.82, 2.24) is 0 Å². The lowest BCUT2D eigenvalue weighted by Gasteiger charge is -2.34. The second-order valence-electron chi connectivity index (χ2n) is 10.2. The van der Waals surface area contributed by atoms with Crippen LogP contribution in [0.15, 0.2) is 36.4 Å². The lowest BCUT2D eigenvalue weighted by molar-refractivity contribution is 0.405. The van der Waals surface area contributed by atoms with Gasteiger partial charge in [0.25, 0.3) is 0 Å². The van der Waals surface area contributed by atoms with E-state index in [1.54, 1.807) is 0 Å². The van der Waals surface area contributed by atoms with Gasteiger partial charge in [-0.1, -0.05) is 114 Å². The summed E-state index contributed by atoms with van der Waals surface area (Å²) in [6.07, 6.45) is 9.64. The van der Waals surface area contributed by atoms with Crippen molar-refractivity contribution in [3.05, 3.63) is 47.5 Å². The highest BCUT2D eigenvalue weighted by atomic mass is 28.3. The summed E-state index contributed by atoms with van der Waals surface area (Å²) < 4.78 is 0. The molecule has 4 heteroatoms. The topological polar surface area (TPSA) is 40.5 Å². The zero-order valence-electron chi connectivity index (χ0n) is 19.6. The number of unbranched alkanes of at least 4 members (excludes halogenated alkanes) is 4. The third-order valence-electron chi connectivity index (χ3n) is 6.96. The first kappa shape index (κ1) is 23.3. The van der Waals surface area contributed by atoms with Gasteiger partial charge in [-0.3, -0.25) is 0 Å². The molecule has 0 bridgehead atoms. The second kappa shape index (κ2) is 9.42. The molecule has 0 spiro atoms. The van der Waals surface area contributed by atoms with Crippen LogP contribution in [0.25, 0.3) is 11.1 Å². The van der Waals surface area contributed by atoms with E-state index in [0.717, 1.165) is 12.8 Å². The SMILES string of the molecule is CCCCCC1(CCCCC)c2cc(B(O)O)ccc2-c2ccc([Si](C)(C)C)cc21. The van der Waals surface area contributed by atoms with Crippen molar-refractivity contribution in [1.29, 1.82) is 0 Å². The standard InChI is InChI=1S/C26H39BO2Si/c1-6-8-10-16-26(17-11-9-7-2)24-18-20(27(28)29)12-14-22(24)23-15-13-21(19-25(23)26)30(3,4)5/h12-15,18-19,28-29H,6-11,16-17H2,1-5H3. The molecule has 0 radical (unpaired) electrons. The molecule has 2 nitrogen and oxygen atoms in total. The average molecular weight is 422 g/mol. The molecule has 0 amide bonds. The molecule has 0 fully saturated rings. The molecule has 0 saturated carbocycles. The predicted octanol–water partition coefficient (Wildman–Crippen LogP) is 5.34. The molecule has 0 unspecified atom stereocenters. The predicted molar refractivity (Wildman–Crippen MR) is 134 cm³/mol. The van der Waals surface area contributed by atoms with E-state index >= 15 is 0 Å². The molecule has 1 aliphatic carbocycles. The smallest absolute Gasteiger partial charge is 0.423 e. The number of rotatable bonds is 10. The Labute approximate surface area is 184 Å². The van der Waals surface area contributed by atoms with Crippen LogP contribution in [0.5, 0.6) is 0 Å². The van der Waals surface area contributed by atoms with Gasteiger partial charge in [0.1, 0.15) is 0 Å². The first-order valence-electron chi connectivity index (χ1n) is 11.9. The zero-order chi connectivity index (χ0) is 21.9. The van der Waals surface area contributed by atoms with Gasteiger partial charge >= 0.3 is 7.12 Å². The fourth-order valence-electron chi connectivity index (χ4n) is 5.16. The Hall–Kier alpha value is -1.36. The molecule has 0 heterocycles. The van der Waals surface area contributed by atoms with Crippen LogP contribution < -0.4 is 10.6 Å². The molecule has 162 valence electrons. The third kappa shape index (κ3) is 4.46. The second-order valence-corrected chi connectivity index (χ2v) is 15.3. The maximum atomic E-state index is 9.88. The van der Waals surface area contributed by atoms with E-state index in [2.05, 4.69) is 63.8 Å². The van der Waals surface area contributed by atoms with E-state index in [1.807, 2.05) is 6.07 Å². The molecule has 1 aliphatic rings. The Balaban J connectivity index is 2.21. The Kier molecular flexibility index (Phi) is 7.32. The number of hydrogen-bond acceptors (Lipinski definition) is 2. The van der Waals surface area contributed by atoms with Gasteiger partial charge in [-0.2, -0.15) is 0 Å². The van der Waals surface area contributed by atoms with Crippen molar-refractivity contribution in [2.45, 2.75) is 90.3 Å². The maximum absolute atomic E-state index is 9.88. The van der Waals surface area contributed by atoms with Crippen LogP contribution in [-0.4, -0.2) is 25.2 Å². The molecule has 2 N–H and O–H groups in total. The molecule has 0 atom stereocenters. The normalized spacial score (nSPS) is 14.5. The van der Waals surface area contributed by atoms with Gasteiger partial charge in [-0.25, -0.2) is 0 Å². The molecule has 0 aromatic heterocycles. The maximum Gasteiger partial charge on any atom is 0.488 e. The lowest BCUT2D eigenvalue weighted by atomic mass is 9.68. The Morgan fingerprint density at radius 1 is 0.767 bits per heavy atom. The minimum Gasteiger partial charge on any atom is -0.423 e. The minimum absolute atomic E-state index is 0.00440. The highest BCUT2D eigenvalue weighted by Gasteiger charge is 2.43. The molecule has 0 saturated heterocycles. The van der Waals surface area contributed by atoms with Crippen LogP contribution >= 0.6 is 0 Å². The van der Waals surface area contributed by atoms with E-state index in [-0.39, 0.29) is 5.41 Å². The highest BCUT2D eigenvalue weighted by Crippen LogP contribution is 2.53. The van der Waals surface area contributed by atoms with Gasteiger partial charge < -0.3 is 10.0 Å². The zero-order valence-corrected chi connectivity index (χ0v) is 20.6. The van der Waals surface area contributed by atoms with Gasteiger partial charge in [0.15, 0.2) is 0 Å². The van der Waals surface area contributed by atoms with Crippen LogP contribution in [0.4, 0.5) is 0 Å². The van der Waals surface area contributed by atoms with E-state index in [0.29, 0.717) is 5.46 Å². The molecule has 2 aromatic rings. The minimum atomic E-state index is -1.43. The van der Waals surface area contributed by atoms with Gasteiger partial charge in [0.2, 0.25) is 0 Å². The van der Waals surface area contributed by atoms with Crippen LogP contribution in [-0.2, 0) is 5.41 Å². The lowest BCUT2D eigenvalue weighted by Crippen LogP contribution is -2.39.